The molecule has 2 aliphatic heterocycles. The zero-order valence-electron chi connectivity index (χ0n) is 28.5. The van der Waals surface area contributed by atoms with E-state index in [2.05, 4.69) is 20.5 Å². The summed E-state index contributed by atoms with van der Waals surface area (Å²) in [7, 11) is 3.36. The van der Waals surface area contributed by atoms with Crippen molar-refractivity contribution < 1.29 is 23.9 Å². The standard InChI is InChI=1S/C35H49N7O5/c1-7-27-32(44)40(5)28-18-37-33(39-30(28)42(27)25-10-8-9-11-25)38-26-13-12-22(16-29(26)46-6)31(43)36-17-21-14-23-19-41(20-24(23)15-21)34(45)47-35(2,3)4/h12-13,16,18,21,23-25,27H,7-11,14-15,17,19-20H2,1-6H3,(H,36,43)(H,37,38,39). The molecular formula is C35H49N7O5. The number of anilines is 4. The summed E-state index contributed by atoms with van der Waals surface area (Å²) >= 11 is 0. The summed E-state index contributed by atoms with van der Waals surface area (Å²) in [5.74, 6) is 2.86. The van der Waals surface area contributed by atoms with Crippen LogP contribution in [-0.2, 0) is 9.53 Å². The van der Waals surface area contributed by atoms with Crippen LogP contribution in [0.2, 0.25) is 0 Å². The van der Waals surface area contributed by atoms with Gasteiger partial charge in [0, 0.05) is 38.3 Å². The molecule has 0 radical (unpaired) electrons. The zero-order valence-corrected chi connectivity index (χ0v) is 28.5. The van der Waals surface area contributed by atoms with Gasteiger partial charge < -0.3 is 34.8 Å². The minimum atomic E-state index is -0.498. The lowest BCUT2D eigenvalue weighted by Crippen LogP contribution is -2.55. The third-order valence-electron chi connectivity index (χ3n) is 10.2. The number of hydrogen-bond acceptors (Lipinski definition) is 9. The van der Waals surface area contributed by atoms with Gasteiger partial charge in [0.05, 0.1) is 19.0 Å². The van der Waals surface area contributed by atoms with Gasteiger partial charge in [-0.15, -0.1) is 0 Å². The number of ether oxygens (including phenoxy) is 2. The molecule has 3 heterocycles. The van der Waals surface area contributed by atoms with Gasteiger partial charge in [-0.2, -0.15) is 4.98 Å². The third kappa shape index (κ3) is 6.82. The number of carbonyl (C=O) groups excluding carboxylic acids is 3. The highest BCUT2D eigenvalue weighted by Gasteiger charge is 2.44. The predicted molar refractivity (Wildman–Crippen MR) is 180 cm³/mol. The minimum Gasteiger partial charge on any atom is -0.495 e. The van der Waals surface area contributed by atoms with E-state index in [0.717, 1.165) is 57.4 Å². The molecule has 0 bridgehead atoms. The Labute approximate surface area is 277 Å². The second-order valence-electron chi connectivity index (χ2n) is 14.6. The molecule has 2 N–H and O–H groups in total. The first kappa shape index (κ1) is 32.8. The maximum absolute atomic E-state index is 13.2. The number of nitrogens with one attached hydrogen (secondary N) is 2. The molecule has 3 atom stereocenters. The molecule has 2 aliphatic carbocycles. The normalized spacial score (nSPS) is 24.3. The van der Waals surface area contributed by atoms with Crippen LogP contribution in [0.4, 0.5) is 27.9 Å². The third-order valence-corrected chi connectivity index (χ3v) is 10.2. The largest absolute Gasteiger partial charge is 0.495 e. The Balaban J connectivity index is 1.08. The second kappa shape index (κ2) is 13.2. The molecule has 3 amide bonds. The van der Waals surface area contributed by atoms with E-state index in [0.29, 0.717) is 59.4 Å². The minimum absolute atomic E-state index is 0.0763. The van der Waals surface area contributed by atoms with Crippen LogP contribution in [0.15, 0.2) is 24.4 Å². The number of aromatic nitrogens is 2. The lowest BCUT2D eigenvalue weighted by atomic mass is 10.0. The molecule has 254 valence electrons. The predicted octanol–water partition coefficient (Wildman–Crippen LogP) is 5.36. The average Bonchev–Trinajstić information content (AvgIpc) is 3.78. The van der Waals surface area contributed by atoms with E-state index < -0.39 is 5.60 Å². The van der Waals surface area contributed by atoms with Gasteiger partial charge in [-0.05, 0) is 88.8 Å². The van der Waals surface area contributed by atoms with Crippen LogP contribution < -0.4 is 25.2 Å². The zero-order chi connectivity index (χ0) is 33.5. The summed E-state index contributed by atoms with van der Waals surface area (Å²) in [6, 6.07) is 5.33. The van der Waals surface area contributed by atoms with E-state index in [-0.39, 0.29) is 30.0 Å². The molecule has 4 aliphatic rings. The van der Waals surface area contributed by atoms with Crippen LogP contribution >= 0.6 is 0 Å². The van der Waals surface area contributed by atoms with Crippen molar-refractivity contribution in [2.75, 3.05) is 48.9 Å². The van der Waals surface area contributed by atoms with Crippen LogP contribution in [0.3, 0.4) is 0 Å². The smallest absolute Gasteiger partial charge is 0.410 e. The first-order chi connectivity index (χ1) is 22.5. The van der Waals surface area contributed by atoms with Crippen LogP contribution in [0.25, 0.3) is 0 Å². The first-order valence-electron chi connectivity index (χ1n) is 17.1. The van der Waals surface area contributed by atoms with Gasteiger partial charge in [-0.1, -0.05) is 19.8 Å². The maximum atomic E-state index is 13.2. The molecular weight excluding hydrogens is 598 g/mol. The fourth-order valence-corrected chi connectivity index (χ4v) is 7.91. The number of amides is 3. The first-order valence-corrected chi connectivity index (χ1v) is 17.1. The van der Waals surface area contributed by atoms with Gasteiger partial charge in [-0.3, -0.25) is 9.59 Å². The topological polar surface area (TPSA) is 129 Å². The van der Waals surface area contributed by atoms with Crippen molar-refractivity contribution in [3.05, 3.63) is 30.0 Å². The molecule has 12 nitrogen and oxygen atoms in total. The quantitative estimate of drug-likeness (QED) is 0.389. The van der Waals surface area contributed by atoms with Gasteiger partial charge in [0.15, 0.2) is 5.82 Å². The van der Waals surface area contributed by atoms with Crippen LogP contribution in [-0.4, -0.2) is 84.3 Å². The van der Waals surface area contributed by atoms with Gasteiger partial charge in [0.25, 0.3) is 5.91 Å². The van der Waals surface area contributed by atoms with Crippen LogP contribution in [0, 0.1) is 17.8 Å². The lowest BCUT2D eigenvalue weighted by Gasteiger charge is -2.43. The van der Waals surface area contributed by atoms with Gasteiger partial charge >= 0.3 is 6.09 Å². The van der Waals surface area contributed by atoms with Crippen molar-refractivity contribution in [2.45, 2.75) is 90.3 Å². The summed E-state index contributed by atoms with van der Waals surface area (Å²) < 4.78 is 11.2. The highest BCUT2D eigenvalue weighted by atomic mass is 16.6. The van der Waals surface area contributed by atoms with Gasteiger partial charge in [0.1, 0.15) is 23.1 Å². The Morgan fingerprint density at radius 2 is 1.79 bits per heavy atom. The summed E-state index contributed by atoms with van der Waals surface area (Å²) in [6.45, 7) is 9.74. The van der Waals surface area contributed by atoms with Crippen molar-refractivity contribution >= 4 is 41.0 Å². The van der Waals surface area contributed by atoms with Crippen molar-refractivity contribution in [1.82, 2.24) is 20.2 Å². The average molecular weight is 648 g/mol. The number of benzene rings is 1. The number of hydrogen-bond donors (Lipinski definition) is 2. The van der Waals surface area contributed by atoms with E-state index in [1.165, 1.54) is 0 Å². The Morgan fingerprint density at radius 1 is 1.09 bits per heavy atom. The van der Waals surface area contributed by atoms with Gasteiger partial charge in [-0.25, -0.2) is 9.78 Å². The summed E-state index contributed by atoms with van der Waals surface area (Å²) in [6.07, 6.45) is 8.55. The monoisotopic (exact) mass is 647 g/mol. The Hall–Kier alpha value is -4.09. The van der Waals surface area contributed by atoms with Crippen molar-refractivity contribution in [3.63, 3.8) is 0 Å². The molecule has 0 spiro atoms. The summed E-state index contributed by atoms with van der Waals surface area (Å²) in [4.78, 5) is 54.1. The van der Waals surface area contributed by atoms with E-state index in [1.807, 2.05) is 32.6 Å². The Bertz CT molecular complexity index is 1490. The van der Waals surface area contributed by atoms with E-state index in [1.54, 1.807) is 43.5 Å². The maximum Gasteiger partial charge on any atom is 0.410 e. The molecule has 1 saturated heterocycles. The second-order valence-corrected chi connectivity index (χ2v) is 14.6. The molecule has 1 aromatic carbocycles. The fraction of sp³-hybridized carbons (Fsp3) is 0.629. The number of methoxy groups -OCH3 is 1. The number of likely N-dealkylation sites (N-methyl/N-ethyl adjacent to an activating group) is 1. The molecule has 6 rings (SSSR count). The molecule has 12 heteroatoms. The van der Waals surface area contributed by atoms with Crippen molar-refractivity contribution in [1.29, 1.82) is 0 Å². The summed E-state index contributed by atoms with van der Waals surface area (Å²) in [5, 5.41) is 6.40. The number of likely N-dealkylation sites (tertiary alicyclic amines) is 1. The van der Waals surface area contributed by atoms with Crippen molar-refractivity contribution in [3.8, 4) is 5.75 Å². The van der Waals surface area contributed by atoms with Crippen LogP contribution in [0.5, 0.6) is 5.75 Å². The molecule has 3 fully saturated rings. The van der Waals surface area contributed by atoms with E-state index >= 15 is 0 Å². The molecule has 47 heavy (non-hydrogen) atoms. The molecule has 3 unspecified atom stereocenters. The van der Waals surface area contributed by atoms with Crippen molar-refractivity contribution in [2.24, 2.45) is 17.8 Å². The Kier molecular flexibility index (Phi) is 9.22. The fourth-order valence-electron chi connectivity index (χ4n) is 7.91. The Morgan fingerprint density at radius 3 is 2.43 bits per heavy atom. The summed E-state index contributed by atoms with van der Waals surface area (Å²) in [5.41, 5.74) is 1.36. The molecule has 2 aromatic rings. The number of rotatable bonds is 8. The molecule has 1 aromatic heterocycles. The number of carbonyl (C=O) groups is 3. The molecule has 2 saturated carbocycles. The number of fused-ring (bicyclic) bond motifs is 2. The highest BCUT2D eigenvalue weighted by Crippen LogP contribution is 2.42. The van der Waals surface area contributed by atoms with E-state index in [9.17, 15) is 14.4 Å². The highest BCUT2D eigenvalue weighted by molar-refractivity contribution is 6.04. The van der Waals surface area contributed by atoms with Crippen LogP contribution in [0.1, 0.15) is 83.0 Å². The number of nitrogens with zero attached hydrogens (tertiary/aromatic N) is 5. The van der Waals surface area contributed by atoms with E-state index in [4.69, 9.17) is 14.5 Å². The SMILES string of the molecule is CCC1C(=O)N(C)c2cnc(Nc3ccc(C(=O)NCC4CC5CN(C(=O)OC(C)(C)C)CC5C4)cc3OC)nc2N1C1CCCC1. The lowest BCUT2D eigenvalue weighted by molar-refractivity contribution is -0.120. The van der Waals surface area contributed by atoms with Gasteiger partial charge in [0.2, 0.25) is 11.9 Å².